The van der Waals surface area contributed by atoms with E-state index in [1.807, 2.05) is 60.7 Å². The van der Waals surface area contributed by atoms with Gasteiger partial charge in [-0.1, -0.05) is 60.7 Å². The van der Waals surface area contributed by atoms with E-state index in [4.69, 9.17) is 4.74 Å². The van der Waals surface area contributed by atoms with E-state index in [1.165, 1.54) is 12.5 Å². The zero-order valence-corrected chi connectivity index (χ0v) is 15.6. The van der Waals surface area contributed by atoms with Gasteiger partial charge in [0.05, 0.1) is 24.3 Å². The van der Waals surface area contributed by atoms with E-state index in [0.29, 0.717) is 13.0 Å². The molecule has 29 heavy (non-hydrogen) atoms. The van der Waals surface area contributed by atoms with Crippen LogP contribution >= 0.6 is 0 Å². The first-order valence-electron chi connectivity index (χ1n) is 9.35. The van der Waals surface area contributed by atoms with Gasteiger partial charge < -0.3 is 9.30 Å². The lowest BCUT2D eigenvalue weighted by molar-refractivity contribution is -0.134. The highest BCUT2D eigenvalue weighted by Crippen LogP contribution is 2.26. The maximum Gasteiger partial charge on any atom is 0.417 e. The van der Waals surface area contributed by atoms with Crippen LogP contribution in [-0.2, 0) is 22.5 Å². The molecule has 2 amide bonds. The Kier molecular flexibility index (Phi) is 5.37. The highest BCUT2D eigenvalue weighted by Gasteiger charge is 2.42. The maximum absolute atomic E-state index is 15.2. The van der Waals surface area contributed by atoms with Crippen molar-refractivity contribution in [3.8, 4) is 0 Å². The molecule has 0 aliphatic carbocycles. The molecule has 0 unspecified atom stereocenters. The number of nitrogens with zero attached hydrogens (tertiary/aromatic N) is 3. The quantitative estimate of drug-likeness (QED) is 0.643. The van der Waals surface area contributed by atoms with Crippen molar-refractivity contribution in [1.29, 1.82) is 0 Å². The number of rotatable bonds is 6. The van der Waals surface area contributed by atoms with Gasteiger partial charge >= 0.3 is 6.09 Å². The first-order valence-corrected chi connectivity index (χ1v) is 9.35. The average molecular weight is 393 g/mol. The van der Waals surface area contributed by atoms with Crippen molar-refractivity contribution in [3.63, 3.8) is 0 Å². The maximum atomic E-state index is 15.2. The Morgan fingerprint density at radius 3 is 2.45 bits per heavy atom. The van der Waals surface area contributed by atoms with Crippen LogP contribution in [0.5, 0.6) is 0 Å². The summed E-state index contributed by atoms with van der Waals surface area (Å²) >= 11 is 0. The molecule has 1 aromatic heterocycles. The molecule has 1 aliphatic rings. The SMILES string of the molecule is O=C1OC[C@H](Cc2ccccc2)N1C(=O)[C@H](F)c1cncn1Cc1ccccc1. The van der Waals surface area contributed by atoms with Crippen molar-refractivity contribution in [1.82, 2.24) is 14.5 Å². The van der Waals surface area contributed by atoms with Crippen molar-refractivity contribution in [3.05, 3.63) is 90.0 Å². The van der Waals surface area contributed by atoms with Gasteiger partial charge in [0.2, 0.25) is 6.17 Å². The van der Waals surface area contributed by atoms with Crippen molar-refractivity contribution in [2.45, 2.75) is 25.2 Å². The van der Waals surface area contributed by atoms with Gasteiger partial charge in [-0.15, -0.1) is 0 Å². The van der Waals surface area contributed by atoms with Gasteiger partial charge in [-0.05, 0) is 17.5 Å². The van der Waals surface area contributed by atoms with Crippen LogP contribution in [0.1, 0.15) is 23.0 Å². The van der Waals surface area contributed by atoms with E-state index in [-0.39, 0.29) is 12.3 Å². The highest BCUT2D eigenvalue weighted by molar-refractivity contribution is 5.96. The van der Waals surface area contributed by atoms with Gasteiger partial charge in [0.1, 0.15) is 6.61 Å². The zero-order valence-electron chi connectivity index (χ0n) is 15.6. The van der Waals surface area contributed by atoms with E-state index in [2.05, 4.69) is 4.98 Å². The molecule has 0 radical (unpaired) electrons. The number of carbonyl (C=O) groups is 2. The fourth-order valence-electron chi connectivity index (χ4n) is 3.47. The summed E-state index contributed by atoms with van der Waals surface area (Å²) in [5, 5.41) is 0. The average Bonchev–Trinajstić information content (AvgIpc) is 3.35. The summed E-state index contributed by atoms with van der Waals surface area (Å²) in [6, 6.07) is 18.4. The topological polar surface area (TPSA) is 64.4 Å². The molecule has 6 nitrogen and oxygen atoms in total. The minimum atomic E-state index is -2.01. The largest absolute Gasteiger partial charge is 0.447 e. The molecule has 0 N–H and O–H groups in total. The Morgan fingerprint density at radius 1 is 1.10 bits per heavy atom. The number of aromatic nitrogens is 2. The molecule has 0 spiro atoms. The fourth-order valence-corrected chi connectivity index (χ4v) is 3.47. The van der Waals surface area contributed by atoms with Gasteiger partial charge in [-0.25, -0.2) is 19.1 Å². The lowest BCUT2D eigenvalue weighted by Crippen LogP contribution is -2.42. The van der Waals surface area contributed by atoms with Crippen LogP contribution in [0.15, 0.2) is 73.2 Å². The molecule has 2 aromatic carbocycles. The van der Waals surface area contributed by atoms with E-state index in [9.17, 15) is 9.59 Å². The monoisotopic (exact) mass is 393 g/mol. The predicted molar refractivity (Wildman–Crippen MR) is 104 cm³/mol. The summed E-state index contributed by atoms with van der Waals surface area (Å²) in [6.07, 6.45) is 0.386. The molecular formula is C22H20FN3O3. The Balaban J connectivity index is 1.52. The predicted octanol–water partition coefficient (Wildman–Crippen LogP) is 3.53. The van der Waals surface area contributed by atoms with Gasteiger partial charge in [0.25, 0.3) is 5.91 Å². The molecule has 3 aromatic rings. The molecule has 148 valence electrons. The number of halogens is 1. The van der Waals surface area contributed by atoms with E-state index >= 15 is 4.39 Å². The Hall–Kier alpha value is -3.48. The van der Waals surface area contributed by atoms with Gasteiger partial charge in [-0.2, -0.15) is 0 Å². The number of imide groups is 1. The van der Waals surface area contributed by atoms with Crippen molar-refractivity contribution >= 4 is 12.0 Å². The number of hydrogen-bond donors (Lipinski definition) is 0. The molecule has 0 saturated carbocycles. The molecular weight excluding hydrogens is 373 g/mol. The van der Waals surface area contributed by atoms with Crippen LogP contribution in [0.2, 0.25) is 0 Å². The van der Waals surface area contributed by atoms with Crippen molar-refractivity contribution < 1.29 is 18.7 Å². The third kappa shape index (κ3) is 4.03. The second kappa shape index (κ2) is 8.26. The van der Waals surface area contributed by atoms with Crippen molar-refractivity contribution in [2.75, 3.05) is 6.61 Å². The molecule has 2 heterocycles. The van der Waals surface area contributed by atoms with Gasteiger partial charge in [0, 0.05) is 6.54 Å². The summed E-state index contributed by atoms with van der Waals surface area (Å²) < 4.78 is 21.8. The molecule has 2 atom stereocenters. The first kappa shape index (κ1) is 18.9. The number of imidazole rings is 1. The fraction of sp³-hybridized carbons (Fsp3) is 0.227. The van der Waals surface area contributed by atoms with E-state index in [1.54, 1.807) is 4.57 Å². The van der Waals surface area contributed by atoms with E-state index in [0.717, 1.165) is 16.0 Å². The van der Waals surface area contributed by atoms with Crippen LogP contribution in [0.3, 0.4) is 0 Å². The van der Waals surface area contributed by atoms with Crippen LogP contribution in [-0.4, -0.2) is 39.1 Å². The number of cyclic esters (lactones) is 1. The Morgan fingerprint density at radius 2 is 1.76 bits per heavy atom. The number of amides is 2. The second-order valence-electron chi connectivity index (χ2n) is 6.92. The van der Waals surface area contributed by atoms with E-state index < -0.39 is 24.2 Å². The number of benzene rings is 2. The highest BCUT2D eigenvalue weighted by atomic mass is 19.1. The molecule has 1 saturated heterocycles. The number of ether oxygens (including phenoxy) is 1. The normalized spacial score (nSPS) is 17.2. The third-order valence-corrected chi connectivity index (χ3v) is 4.93. The van der Waals surface area contributed by atoms with Crippen LogP contribution < -0.4 is 0 Å². The minimum Gasteiger partial charge on any atom is -0.447 e. The van der Waals surface area contributed by atoms with Crippen LogP contribution in [0.25, 0.3) is 0 Å². The molecule has 0 bridgehead atoms. The van der Waals surface area contributed by atoms with Crippen LogP contribution in [0.4, 0.5) is 9.18 Å². The molecule has 7 heteroatoms. The zero-order chi connectivity index (χ0) is 20.2. The molecule has 1 fully saturated rings. The summed E-state index contributed by atoms with van der Waals surface area (Å²) in [4.78, 5) is 29.9. The lowest BCUT2D eigenvalue weighted by Gasteiger charge is -2.22. The summed E-state index contributed by atoms with van der Waals surface area (Å²) in [5.41, 5.74) is 2.00. The second-order valence-corrected chi connectivity index (χ2v) is 6.92. The van der Waals surface area contributed by atoms with Gasteiger partial charge in [-0.3, -0.25) is 4.79 Å². The first-order chi connectivity index (χ1) is 14.1. The number of hydrogen-bond acceptors (Lipinski definition) is 4. The standard InChI is InChI=1S/C22H20FN3O3/c23-20(19-12-24-15-25(19)13-17-9-5-2-6-10-17)21(27)26-18(14-29-22(26)28)11-16-7-3-1-4-8-16/h1-10,12,15,18,20H,11,13-14H2/t18-,20+/m0/s1. The Labute approximate surface area is 167 Å². The lowest BCUT2D eigenvalue weighted by atomic mass is 10.1. The summed E-state index contributed by atoms with van der Waals surface area (Å²) in [6.45, 7) is 0.428. The smallest absolute Gasteiger partial charge is 0.417 e. The Bertz CT molecular complexity index is 991. The summed E-state index contributed by atoms with van der Waals surface area (Å²) in [7, 11) is 0. The molecule has 1 aliphatic heterocycles. The third-order valence-electron chi connectivity index (χ3n) is 4.93. The number of carbonyl (C=O) groups excluding carboxylic acids is 2. The molecule has 4 rings (SSSR count). The van der Waals surface area contributed by atoms with Gasteiger partial charge in [0.15, 0.2) is 0 Å². The summed E-state index contributed by atoms with van der Waals surface area (Å²) in [5.74, 6) is -0.928. The minimum absolute atomic E-state index is 0.0511. The van der Waals surface area contributed by atoms with Crippen LogP contribution in [0, 0.1) is 0 Å². The van der Waals surface area contributed by atoms with Crippen molar-refractivity contribution in [2.24, 2.45) is 0 Å². The number of alkyl halides is 1.